The van der Waals surface area contributed by atoms with Gasteiger partial charge in [-0.15, -0.1) is 0 Å². The van der Waals surface area contributed by atoms with Crippen molar-refractivity contribution in [3.05, 3.63) is 12.2 Å². The lowest BCUT2D eigenvalue weighted by Crippen LogP contribution is -2.45. The summed E-state index contributed by atoms with van der Waals surface area (Å²) in [4.78, 5) is 24.6. The minimum Gasteiger partial charge on any atom is -0.466 e. The Kier molecular flexibility index (Phi) is 65.9. The molecule has 3 N–H and O–H groups in total. The van der Waals surface area contributed by atoms with Gasteiger partial charge in [0.2, 0.25) is 5.91 Å². The molecule has 0 aromatic carbocycles. The highest BCUT2D eigenvalue weighted by atomic mass is 16.5. The minimum absolute atomic E-state index is 0.00830. The number of carbonyl (C=O) groups is 2. The first-order valence-electron chi connectivity index (χ1n) is 35.4. The average molecular weight is 1090 g/mol. The van der Waals surface area contributed by atoms with E-state index in [0.717, 1.165) is 44.9 Å². The molecule has 0 aromatic rings. The Morgan fingerprint density at radius 3 is 0.922 bits per heavy atom. The van der Waals surface area contributed by atoms with Gasteiger partial charge in [0.15, 0.2) is 0 Å². The summed E-state index contributed by atoms with van der Waals surface area (Å²) in [6, 6.07) is -0.542. The topological polar surface area (TPSA) is 95.9 Å². The highest BCUT2D eigenvalue weighted by molar-refractivity contribution is 5.76. The van der Waals surface area contributed by atoms with Gasteiger partial charge in [0.05, 0.1) is 25.4 Å². The third-order valence-corrected chi connectivity index (χ3v) is 16.8. The smallest absolute Gasteiger partial charge is 0.305 e. The van der Waals surface area contributed by atoms with E-state index < -0.39 is 12.1 Å². The van der Waals surface area contributed by atoms with Crippen LogP contribution in [0.5, 0.6) is 0 Å². The third-order valence-electron chi connectivity index (χ3n) is 16.8. The van der Waals surface area contributed by atoms with Crippen molar-refractivity contribution < 1.29 is 24.5 Å². The van der Waals surface area contributed by atoms with Gasteiger partial charge in [-0.25, -0.2) is 0 Å². The number of aliphatic hydroxyl groups excluding tert-OH is 2. The van der Waals surface area contributed by atoms with E-state index in [1.807, 2.05) is 0 Å². The van der Waals surface area contributed by atoms with Crippen LogP contribution >= 0.6 is 0 Å². The highest BCUT2D eigenvalue weighted by Crippen LogP contribution is 2.19. The Balaban J connectivity index is 3.37. The molecule has 2 atom stereocenters. The number of esters is 1. The van der Waals surface area contributed by atoms with Crippen molar-refractivity contribution in [2.45, 2.75) is 418 Å². The quantitative estimate of drug-likeness (QED) is 0.0320. The van der Waals surface area contributed by atoms with Crippen molar-refractivity contribution in [1.82, 2.24) is 5.32 Å². The monoisotopic (exact) mass is 1090 g/mol. The predicted octanol–water partition coefficient (Wildman–Crippen LogP) is 22.8. The molecule has 0 rings (SSSR count). The SMILES string of the molecule is CCCCCCCCC/C=C\CCCCCCCC(=O)OCCCCCCCCCCCCCCCCCCCCCCCCCC(=O)NC(CO)C(O)CCCCCCCCCCCCCCCCCCCCCCC. The Morgan fingerprint density at radius 2 is 0.610 bits per heavy atom. The van der Waals surface area contributed by atoms with Crippen molar-refractivity contribution in [3.8, 4) is 0 Å². The lowest BCUT2D eigenvalue weighted by molar-refractivity contribution is -0.143. The summed E-state index contributed by atoms with van der Waals surface area (Å²) in [7, 11) is 0. The Hall–Kier alpha value is -1.40. The first-order chi connectivity index (χ1) is 38.0. The van der Waals surface area contributed by atoms with Gasteiger partial charge >= 0.3 is 5.97 Å². The molecule has 0 radical (unpaired) electrons. The summed E-state index contributed by atoms with van der Waals surface area (Å²) >= 11 is 0. The van der Waals surface area contributed by atoms with E-state index in [-0.39, 0.29) is 18.5 Å². The molecule has 6 heteroatoms. The summed E-state index contributed by atoms with van der Waals surface area (Å²) in [5, 5.41) is 23.4. The minimum atomic E-state index is -0.665. The van der Waals surface area contributed by atoms with Crippen LogP contribution in [0.1, 0.15) is 406 Å². The van der Waals surface area contributed by atoms with Crippen LogP contribution in [0.3, 0.4) is 0 Å². The number of allylic oxidation sites excluding steroid dienone is 2. The molecule has 6 nitrogen and oxygen atoms in total. The van der Waals surface area contributed by atoms with Gasteiger partial charge in [-0.1, -0.05) is 353 Å². The molecule has 0 aliphatic carbocycles. The zero-order valence-corrected chi connectivity index (χ0v) is 52.5. The lowest BCUT2D eigenvalue weighted by Gasteiger charge is -2.22. The highest BCUT2D eigenvalue weighted by Gasteiger charge is 2.20. The maximum atomic E-state index is 12.5. The van der Waals surface area contributed by atoms with Crippen LogP contribution in [-0.4, -0.2) is 47.4 Å². The van der Waals surface area contributed by atoms with Crippen LogP contribution in [0.25, 0.3) is 0 Å². The predicted molar refractivity (Wildman–Crippen MR) is 338 cm³/mol. The van der Waals surface area contributed by atoms with Crippen LogP contribution in [0.2, 0.25) is 0 Å². The van der Waals surface area contributed by atoms with Crippen molar-refractivity contribution in [3.63, 3.8) is 0 Å². The summed E-state index contributed by atoms with van der Waals surface area (Å²) in [6.45, 7) is 4.99. The van der Waals surface area contributed by atoms with Gasteiger partial charge in [-0.3, -0.25) is 9.59 Å². The van der Waals surface area contributed by atoms with Gasteiger partial charge < -0.3 is 20.3 Å². The van der Waals surface area contributed by atoms with Crippen LogP contribution < -0.4 is 5.32 Å². The summed E-state index contributed by atoms with van der Waals surface area (Å²) in [5.41, 5.74) is 0. The van der Waals surface area contributed by atoms with E-state index >= 15 is 0 Å². The first-order valence-corrected chi connectivity index (χ1v) is 35.4. The molecule has 0 aliphatic rings. The van der Waals surface area contributed by atoms with Crippen molar-refractivity contribution in [2.24, 2.45) is 0 Å². The molecule has 0 saturated heterocycles. The van der Waals surface area contributed by atoms with Gasteiger partial charge in [-0.2, -0.15) is 0 Å². The number of aliphatic hydroxyl groups is 2. The number of nitrogens with one attached hydrogen (secondary N) is 1. The van der Waals surface area contributed by atoms with Crippen molar-refractivity contribution >= 4 is 11.9 Å². The van der Waals surface area contributed by atoms with Crippen LogP contribution in [0.15, 0.2) is 12.2 Å². The van der Waals surface area contributed by atoms with Crippen LogP contribution in [0, 0.1) is 0 Å². The molecule has 0 bridgehead atoms. The number of amides is 1. The Labute approximate surface area is 482 Å². The Bertz CT molecular complexity index is 1160. The second-order valence-electron chi connectivity index (χ2n) is 24.6. The van der Waals surface area contributed by atoms with Gasteiger partial charge in [0.1, 0.15) is 0 Å². The molecule has 1 amide bonds. The molecule has 0 fully saturated rings. The number of carbonyl (C=O) groups excluding carboxylic acids is 2. The molecule has 0 aromatic heterocycles. The van der Waals surface area contributed by atoms with E-state index in [1.54, 1.807) is 0 Å². The molecular formula is C71H139NO5. The number of ether oxygens (including phenoxy) is 1. The molecule has 458 valence electrons. The maximum Gasteiger partial charge on any atom is 0.305 e. The molecule has 0 spiro atoms. The molecule has 0 heterocycles. The molecule has 0 aliphatic heterocycles. The van der Waals surface area contributed by atoms with E-state index in [2.05, 4.69) is 31.3 Å². The zero-order chi connectivity index (χ0) is 55.7. The van der Waals surface area contributed by atoms with Crippen molar-refractivity contribution in [1.29, 1.82) is 0 Å². The van der Waals surface area contributed by atoms with E-state index in [0.29, 0.717) is 25.9 Å². The number of rotatable bonds is 67. The zero-order valence-electron chi connectivity index (χ0n) is 52.5. The molecule has 2 unspecified atom stereocenters. The van der Waals surface area contributed by atoms with Gasteiger partial charge in [-0.05, 0) is 51.4 Å². The number of hydrogen-bond donors (Lipinski definition) is 3. The van der Waals surface area contributed by atoms with Crippen molar-refractivity contribution in [2.75, 3.05) is 13.2 Å². The summed E-state index contributed by atoms with van der Waals surface area (Å²) in [5.74, 6) is -0.0213. The van der Waals surface area contributed by atoms with Crippen LogP contribution in [0.4, 0.5) is 0 Å². The third kappa shape index (κ3) is 63.6. The van der Waals surface area contributed by atoms with Gasteiger partial charge in [0.25, 0.3) is 0 Å². The van der Waals surface area contributed by atoms with E-state index in [4.69, 9.17) is 4.74 Å². The second-order valence-corrected chi connectivity index (χ2v) is 24.6. The number of hydrogen-bond acceptors (Lipinski definition) is 5. The summed E-state index contributed by atoms with van der Waals surface area (Å²) in [6.07, 6.45) is 82.5. The molecule has 77 heavy (non-hydrogen) atoms. The lowest BCUT2D eigenvalue weighted by atomic mass is 10.0. The first kappa shape index (κ1) is 75.6. The largest absolute Gasteiger partial charge is 0.466 e. The normalized spacial score (nSPS) is 12.5. The van der Waals surface area contributed by atoms with Crippen LogP contribution in [-0.2, 0) is 14.3 Å². The number of unbranched alkanes of at least 4 members (excludes halogenated alkanes) is 54. The van der Waals surface area contributed by atoms with E-state index in [1.165, 1.54) is 327 Å². The Morgan fingerprint density at radius 1 is 0.351 bits per heavy atom. The standard InChI is InChI=1S/C71H139NO5/c1-3-5-7-9-11-13-15-17-19-21-22-26-29-32-35-39-43-47-51-55-59-63-69(74)68(67-73)72-70(75)64-60-56-52-48-44-40-36-33-30-27-24-23-25-28-31-34-38-42-46-50-54-58-62-66-77-71(76)65-61-57-53-49-45-41-37-20-18-16-14-12-10-8-6-4-2/h20,37,68-69,73-74H,3-19,21-36,38-67H2,1-2H3,(H,72,75)/b37-20-. The van der Waals surface area contributed by atoms with E-state index in [9.17, 15) is 19.8 Å². The maximum absolute atomic E-state index is 12.5. The average Bonchev–Trinajstić information content (AvgIpc) is 3.43. The molecular weight excluding hydrogens is 947 g/mol. The fourth-order valence-electron chi connectivity index (χ4n) is 11.4. The molecule has 0 saturated carbocycles. The second kappa shape index (κ2) is 67.1. The summed E-state index contributed by atoms with van der Waals surface area (Å²) < 4.78 is 5.50. The fraction of sp³-hybridized carbons (Fsp3) is 0.944. The fourth-order valence-corrected chi connectivity index (χ4v) is 11.4. The van der Waals surface area contributed by atoms with Gasteiger partial charge in [0, 0.05) is 12.8 Å².